The summed E-state index contributed by atoms with van der Waals surface area (Å²) in [6.07, 6.45) is 0.106. The molecule has 1 aliphatic heterocycles. The molecule has 0 bridgehead atoms. The minimum absolute atomic E-state index is 0.0472. The van der Waals surface area contributed by atoms with Crippen molar-refractivity contribution in [2.75, 3.05) is 11.9 Å². The van der Waals surface area contributed by atoms with Crippen molar-refractivity contribution in [1.82, 2.24) is 5.32 Å². The van der Waals surface area contributed by atoms with Crippen molar-refractivity contribution in [2.24, 2.45) is 5.92 Å². The van der Waals surface area contributed by atoms with Crippen LogP contribution in [0.3, 0.4) is 0 Å². The number of carbonyl (C=O) groups excluding carboxylic acids is 2. The summed E-state index contributed by atoms with van der Waals surface area (Å²) >= 11 is 5.79. The lowest BCUT2D eigenvalue weighted by atomic mass is 10.1. The second-order valence-electron chi connectivity index (χ2n) is 4.16. The van der Waals surface area contributed by atoms with Gasteiger partial charge < -0.3 is 15.7 Å². The Hall–Kier alpha value is -2.08. The molecule has 6 nitrogen and oxygen atoms in total. The van der Waals surface area contributed by atoms with Gasteiger partial charge in [-0.25, -0.2) is 4.79 Å². The molecule has 7 heteroatoms. The number of benzene rings is 1. The maximum Gasteiger partial charge on any atom is 0.339 e. The second-order valence-corrected chi connectivity index (χ2v) is 4.57. The molecule has 0 radical (unpaired) electrons. The van der Waals surface area contributed by atoms with Crippen molar-refractivity contribution in [1.29, 1.82) is 0 Å². The zero-order chi connectivity index (χ0) is 14.0. The minimum atomic E-state index is -1.22. The van der Waals surface area contributed by atoms with Crippen LogP contribution in [0.15, 0.2) is 18.2 Å². The summed E-state index contributed by atoms with van der Waals surface area (Å²) in [6.45, 7) is 0.258. The minimum Gasteiger partial charge on any atom is -0.478 e. The predicted octanol–water partition coefficient (Wildman–Crippen LogP) is 1.11. The quantitative estimate of drug-likeness (QED) is 0.774. The van der Waals surface area contributed by atoms with Crippen molar-refractivity contribution in [3.63, 3.8) is 0 Å². The zero-order valence-electron chi connectivity index (χ0n) is 9.77. The fourth-order valence-corrected chi connectivity index (χ4v) is 2.13. The molecule has 3 N–H and O–H groups in total. The van der Waals surface area contributed by atoms with Gasteiger partial charge in [-0.2, -0.15) is 0 Å². The van der Waals surface area contributed by atoms with E-state index < -0.39 is 17.8 Å². The van der Waals surface area contributed by atoms with E-state index in [1.54, 1.807) is 6.07 Å². The Balaban J connectivity index is 2.19. The van der Waals surface area contributed by atoms with Crippen molar-refractivity contribution in [3.05, 3.63) is 28.8 Å². The van der Waals surface area contributed by atoms with Gasteiger partial charge in [0.25, 0.3) is 0 Å². The van der Waals surface area contributed by atoms with Crippen LogP contribution in [0, 0.1) is 5.92 Å². The van der Waals surface area contributed by atoms with Crippen LogP contribution in [-0.4, -0.2) is 29.4 Å². The summed E-state index contributed by atoms with van der Waals surface area (Å²) < 4.78 is 0. The van der Waals surface area contributed by atoms with Gasteiger partial charge in [-0.1, -0.05) is 17.7 Å². The number of anilines is 1. The maximum absolute atomic E-state index is 11.9. The van der Waals surface area contributed by atoms with E-state index in [0.717, 1.165) is 0 Å². The first-order valence-corrected chi connectivity index (χ1v) is 5.96. The third-order valence-electron chi connectivity index (χ3n) is 2.83. The number of halogens is 1. The Morgan fingerprint density at radius 2 is 2.16 bits per heavy atom. The number of carboxylic acids is 1. The summed E-state index contributed by atoms with van der Waals surface area (Å²) in [5.74, 6) is -2.30. The van der Waals surface area contributed by atoms with Crippen LogP contribution < -0.4 is 10.6 Å². The van der Waals surface area contributed by atoms with Crippen LogP contribution in [0.1, 0.15) is 16.8 Å². The third-order valence-corrected chi connectivity index (χ3v) is 3.15. The predicted molar refractivity (Wildman–Crippen MR) is 68.2 cm³/mol. The van der Waals surface area contributed by atoms with Gasteiger partial charge >= 0.3 is 5.97 Å². The number of hydrogen-bond donors (Lipinski definition) is 3. The molecule has 0 spiro atoms. The molecule has 0 aromatic heterocycles. The van der Waals surface area contributed by atoms with Gasteiger partial charge in [0, 0.05) is 13.0 Å². The molecular weight excluding hydrogens is 272 g/mol. The van der Waals surface area contributed by atoms with Crippen molar-refractivity contribution in [2.45, 2.75) is 6.42 Å². The van der Waals surface area contributed by atoms with Crippen LogP contribution in [0.2, 0.25) is 5.02 Å². The fourth-order valence-electron chi connectivity index (χ4n) is 1.87. The number of carbonyl (C=O) groups is 3. The normalized spacial score (nSPS) is 17.9. The van der Waals surface area contributed by atoms with Gasteiger partial charge in [0.15, 0.2) is 0 Å². The molecule has 0 aliphatic carbocycles. The van der Waals surface area contributed by atoms with Crippen LogP contribution >= 0.6 is 11.6 Å². The van der Waals surface area contributed by atoms with Crippen LogP contribution in [-0.2, 0) is 9.59 Å². The molecule has 2 rings (SSSR count). The van der Waals surface area contributed by atoms with Crippen LogP contribution in [0.25, 0.3) is 0 Å². The number of aromatic carboxylic acids is 1. The SMILES string of the molecule is O=C1CC(C(=O)Nc2cccc(Cl)c2C(=O)O)CN1. The molecule has 1 aliphatic rings. The highest BCUT2D eigenvalue weighted by Crippen LogP contribution is 2.25. The first-order valence-electron chi connectivity index (χ1n) is 5.58. The van der Waals surface area contributed by atoms with Gasteiger partial charge in [0.2, 0.25) is 11.8 Å². The molecule has 1 saturated heterocycles. The number of hydrogen-bond acceptors (Lipinski definition) is 3. The molecule has 1 aromatic rings. The van der Waals surface area contributed by atoms with Gasteiger partial charge in [-0.15, -0.1) is 0 Å². The van der Waals surface area contributed by atoms with E-state index in [4.69, 9.17) is 16.7 Å². The Morgan fingerprint density at radius 3 is 2.74 bits per heavy atom. The highest BCUT2D eigenvalue weighted by atomic mass is 35.5. The number of carboxylic acid groups (broad SMARTS) is 1. The van der Waals surface area contributed by atoms with E-state index in [0.29, 0.717) is 0 Å². The van der Waals surface area contributed by atoms with Crippen molar-refractivity contribution >= 4 is 35.1 Å². The van der Waals surface area contributed by atoms with E-state index in [1.807, 2.05) is 0 Å². The molecule has 19 heavy (non-hydrogen) atoms. The van der Waals surface area contributed by atoms with Gasteiger partial charge in [-0.3, -0.25) is 9.59 Å². The van der Waals surface area contributed by atoms with Gasteiger partial charge in [0.05, 0.1) is 16.6 Å². The average molecular weight is 283 g/mol. The van der Waals surface area contributed by atoms with E-state index >= 15 is 0 Å². The lowest BCUT2D eigenvalue weighted by Gasteiger charge is -2.12. The third kappa shape index (κ3) is 2.85. The standard InChI is InChI=1S/C12H11ClN2O4/c13-7-2-1-3-8(10(7)12(18)19)15-11(17)6-4-9(16)14-5-6/h1-3,6H,4-5H2,(H,14,16)(H,15,17)(H,18,19). The Labute approximate surface area is 113 Å². The largest absolute Gasteiger partial charge is 0.478 e. The highest BCUT2D eigenvalue weighted by molar-refractivity contribution is 6.34. The van der Waals surface area contributed by atoms with Gasteiger partial charge in [-0.05, 0) is 12.1 Å². The summed E-state index contributed by atoms with van der Waals surface area (Å²) in [7, 11) is 0. The lowest BCUT2D eigenvalue weighted by molar-refractivity contribution is -0.123. The summed E-state index contributed by atoms with van der Waals surface area (Å²) in [6, 6.07) is 4.43. The van der Waals surface area contributed by atoms with Crippen LogP contribution in [0.5, 0.6) is 0 Å². The maximum atomic E-state index is 11.9. The molecule has 1 atom stereocenters. The van der Waals surface area contributed by atoms with E-state index in [9.17, 15) is 14.4 Å². The Bertz CT molecular complexity index is 559. The molecule has 100 valence electrons. The van der Waals surface area contributed by atoms with E-state index in [1.165, 1.54) is 12.1 Å². The molecular formula is C12H11ClN2O4. The van der Waals surface area contributed by atoms with Gasteiger partial charge in [0.1, 0.15) is 5.56 Å². The average Bonchev–Trinajstić information content (AvgIpc) is 2.75. The highest BCUT2D eigenvalue weighted by Gasteiger charge is 2.28. The van der Waals surface area contributed by atoms with E-state index in [2.05, 4.69) is 10.6 Å². The molecule has 1 fully saturated rings. The summed E-state index contributed by atoms with van der Waals surface area (Å²) in [4.78, 5) is 34.0. The number of nitrogens with one attached hydrogen (secondary N) is 2. The molecule has 2 amide bonds. The summed E-state index contributed by atoms with van der Waals surface area (Å²) in [5.41, 5.74) is -0.0286. The van der Waals surface area contributed by atoms with Crippen molar-refractivity contribution < 1.29 is 19.5 Å². The first-order chi connectivity index (χ1) is 8.99. The molecule has 1 unspecified atom stereocenters. The summed E-state index contributed by atoms with van der Waals surface area (Å²) in [5, 5.41) is 14.2. The fraction of sp³-hybridized carbons (Fsp3) is 0.250. The van der Waals surface area contributed by atoms with Crippen LogP contribution in [0.4, 0.5) is 5.69 Å². The molecule has 1 heterocycles. The Kier molecular flexibility index (Phi) is 3.71. The Morgan fingerprint density at radius 1 is 1.42 bits per heavy atom. The smallest absolute Gasteiger partial charge is 0.339 e. The lowest BCUT2D eigenvalue weighted by Crippen LogP contribution is -2.25. The zero-order valence-corrected chi connectivity index (χ0v) is 10.5. The van der Waals surface area contributed by atoms with E-state index in [-0.39, 0.29) is 35.1 Å². The number of amides is 2. The second kappa shape index (κ2) is 5.27. The topological polar surface area (TPSA) is 95.5 Å². The molecule has 0 saturated carbocycles. The van der Waals surface area contributed by atoms with Crippen molar-refractivity contribution in [3.8, 4) is 0 Å². The first kappa shape index (κ1) is 13.4. The molecule has 1 aromatic carbocycles. The monoisotopic (exact) mass is 282 g/mol. The number of rotatable bonds is 3.